The number of alkyl carbamates (subject to hydrolysis) is 1. The summed E-state index contributed by atoms with van der Waals surface area (Å²) in [6.07, 6.45) is 0.844. The summed E-state index contributed by atoms with van der Waals surface area (Å²) in [6, 6.07) is 1.83. The Bertz CT molecular complexity index is 879. The van der Waals surface area contributed by atoms with E-state index in [-0.39, 0.29) is 6.54 Å². The third-order valence-electron chi connectivity index (χ3n) is 4.99. The molecular formula is C23H37BN2O6S. The summed E-state index contributed by atoms with van der Waals surface area (Å²) in [4.78, 5) is 24.3. The SMILES string of the molecule is CC(C)(C)OC(=O)NCC(=Cc1csc(NC(=O)OC(C)(C)C)c1)B1OC(C)(C)C(C)(C)O1. The van der Waals surface area contributed by atoms with E-state index in [2.05, 4.69) is 10.6 Å². The first-order valence-electron chi connectivity index (χ1n) is 11.0. The van der Waals surface area contributed by atoms with Gasteiger partial charge in [-0.05, 0) is 86.3 Å². The molecule has 0 atom stereocenters. The number of anilines is 1. The van der Waals surface area contributed by atoms with E-state index >= 15 is 0 Å². The Morgan fingerprint density at radius 1 is 1.00 bits per heavy atom. The lowest BCUT2D eigenvalue weighted by Crippen LogP contribution is -2.41. The van der Waals surface area contributed by atoms with Gasteiger partial charge in [-0.15, -0.1) is 11.3 Å². The smallest absolute Gasteiger partial charge is 0.444 e. The second-order valence-corrected chi connectivity index (χ2v) is 11.9. The Morgan fingerprint density at radius 2 is 1.52 bits per heavy atom. The second kappa shape index (κ2) is 9.68. The van der Waals surface area contributed by atoms with Gasteiger partial charge in [0.2, 0.25) is 0 Å². The van der Waals surface area contributed by atoms with Crippen molar-refractivity contribution in [3.05, 3.63) is 22.5 Å². The van der Waals surface area contributed by atoms with Gasteiger partial charge in [0.25, 0.3) is 0 Å². The largest absolute Gasteiger partial charge is 0.492 e. The van der Waals surface area contributed by atoms with Gasteiger partial charge in [0.05, 0.1) is 16.2 Å². The second-order valence-electron chi connectivity index (χ2n) is 11.0. The average molecular weight is 480 g/mol. The fraction of sp³-hybridized carbons (Fsp3) is 0.652. The monoisotopic (exact) mass is 480 g/mol. The lowest BCUT2D eigenvalue weighted by molar-refractivity contribution is 0.00578. The van der Waals surface area contributed by atoms with Crippen LogP contribution in [-0.4, -0.2) is 48.3 Å². The minimum atomic E-state index is -0.646. The molecule has 0 unspecified atom stereocenters. The van der Waals surface area contributed by atoms with Crippen molar-refractivity contribution in [1.82, 2.24) is 5.32 Å². The van der Waals surface area contributed by atoms with E-state index in [1.807, 2.05) is 86.8 Å². The van der Waals surface area contributed by atoms with Crippen molar-refractivity contribution in [3.63, 3.8) is 0 Å². The van der Waals surface area contributed by atoms with Gasteiger partial charge < -0.3 is 24.1 Å². The molecule has 0 saturated carbocycles. The van der Waals surface area contributed by atoms with E-state index in [4.69, 9.17) is 18.8 Å². The summed E-state index contributed by atoms with van der Waals surface area (Å²) in [5.41, 5.74) is -0.681. The summed E-state index contributed by atoms with van der Waals surface area (Å²) >= 11 is 1.37. The molecule has 10 heteroatoms. The molecule has 33 heavy (non-hydrogen) atoms. The Hall–Kier alpha value is -2.04. The van der Waals surface area contributed by atoms with Gasteiger partial charge in [-0.1, -0.05) is 6.08 Å². The first kappa shape index (κ1) is 27.2. The molecule has 1 saturated heterocycles. The van der Waals surface area contributed by atoms with Crippen LogP contribution >= 0.6 is 11.3 Å². The number of amides is 2. The zero-order chi connectivity index (χ0) is 25.2. The molecule has 0 bridgehead atoms. The van der Waals surface area contributed by atoms with E-state index < -0.39 is 41.7 Å². The number of nitrogens with one attached hydrogen (secondary N) is 2. The predicted octanol–water partition coefficient (Wildman–Crippen LogP) is 5.63. The Labute approximate surface area is 201 Å². The first-order valence-corrected chi connectivity index (χ1v) is 11.9. The van der Waals surface area contributed by atoms with E-state index in [9.17, 15) is 9.59 Å². The Kier molecular flexibility index (Phi) is 7.98. The van der Waals surface area contributed by atoms with E-state index in [0.29, 0.717) is 5.00 Å². The minimum absolute atomic E-state index is 0.177. The summed E-state index contributed by atoms with van der Waals surface area (Å²) in [5, 5.41) is 8.06. The lowest BCUT2D eigenvalue weighted by Gasteiger charge is -2.32. The van der Waals surface area contributed by atoms with Gasteiger partial charge in [-0.2, -0.15) is 0 Å². The number of carbonyl (C=O) groups excluding carboxylic acids is 2. The number of ether oxygens (including phenoxy) is 2. The van der Waals surface area contributed by atoms with Gasteiger partial charge in [0.1, 0.15) is 11.2 Å². The van der Waals surface area contributed by atoms with Crippen molar-refractivity contribution >= 4 is 41.7 Å². The van der Waals surface area contributed by atoms with Gasteiger partial charge in [-0.25, -0.2) is 9.59 Å². The zero-order valence-electron chi connectivity index (χ0n) is 21.4. The number of carbonyl (C=O) groups is 2. The molecule has 0 aliphatic carbocycles. The van der Waals surface area contributed by atoms with E-state index in [1.165, 1.54) is 11.3 Å². The highest BCUT2D eigenvalue weighted by molar-refractivity contribution is 7.14. The number of hydrogen-bond acceptors (Lipinski definition) is 7. The summed E-state index contributed by atoms with van der Waals surface area (Å²) < 4.78 is 23.0. The number of rotatable bonds is 5. The third-order valence-corrected chi connectivity index (χ3v) is 5.85. The fourth-order valence-electron chi connectivity index (χ4n) is 2.80. The highest BCUT2D eigenvalue weighted by atomic mass is 32.1. The van der Waals surface area contributed by atoms with Crippen LogP contribution in [0.3, 0.4) is 0 Å². The quantitative estimate of drug-likeness (QED) is 0.530. The van der Waals surface area contributed by atoms with Crippen LogP contribution in [0.1, 0.15) is 74.8 Å². The van der Waals surface area contributed by atoms with E-state index in [1.54, 1.807) is 0 Å². The molecule has 1 fully saturated rings. The highest BCUT2D eigenvalue weighted by Crippen LogP contribution is 2.39. The molecule has 0 radical (unpaired) electrons. The highest BCUT2D eigenvalue weighted by Gasteiger charge is 2.52. The van der Waals surface area contributed by atoms with Crippen molar-refractivity contribution in [1.29, 1.82) is 0 Å². The summed E-state index contributed by atoms with van der Waals surface area (Å²) in [5.74, 6) is 0. The molecule has 184 valence electrons. The molecule has 0 aromatic carbocycles. The van der Waals surface area contributed by atoms with Crippen LogP contribution < -0.4 is 10.6 Å². The number of thiophene rings is 1. The topological polar surface area (TPSA) is 95.1 Å². The molecule has 2 heterocycles. The predicted molar refractivity (Wildman–Crippen MR) is 132 cm³/mol. The summed E-state index contributed by atoms with van der Waals surface area (Å²) in [6.45, 7) is 18.9. The van der Waals surface area contributed by atoms with Crippen molar-refractivity contribution in [2.75, 3.05) is 11.9 Å². The van der Waals surface area contributed by atoms with Crippen LogP contribution in [0.4, 0.5) is 14.6 Å². The van der Waals surface area contributed by atoms with Crippen molar-refractivity contribution in [3.8, 4) is 0 Å². The molecule has 0 spiro atoms. The maximum atomic E-state index is 12.2. The maximum Gasteiger partial charge on any atom is 0.492 e. The normalized spacial score (nSPS) is 18.1. The van der Waals surface area contributed by atoms with Crippen LogP contribution in [0.5, 0.6) is 0 Å². The van der Waals surface area contributed by atoms with Gasteiger partial charge in [-0.3, -0.25) is 5.32 Å². The standard InChI is InChI=1S/C23H37BN2O6S/c1-20(2,3)29-18(27)25-13-16(24-31-22(7,8)23(9,10)32-24)11-15-12-17(33-14-15)26-19(28)30-21(4,5)6/h11-12,14H,13H2,1-10H3,(H,25,27)(H,26,28). The van der Waals surface area contributed by atoms with Crippen molar-refractivity contribution in [2.24, 2.45) is 0 Å². The molecule has 8 nitrogen and oxygen atoms in total. The molecular weight excluding hydrogens is 443 g/mol. The van der Waals surface area contributed by atoms with Gasteiger partial charge in [0.15, 0.2) is 0 Å². The lowest BCUT2D eigenvalue weighted by atomic mass is 9.77. The van der Waals surface area contributed by atoms with E-state index in [0.717, 1.165) is 11.0 Å². The van der Waals surface area contributed by atoms with Crippen LogP contribution in [0.25, 0.3) is 6.08 Å². The maximum absolute atomic E-state index is 12.2. The van der Waals surface area contributed by atoms with Crippen molar-refractivity contribution < 1.29 is 28.4 Å². The molecule has 2 rings (SSSR count). The Balaban J connectivity index is 2.20. The fourth-order valence-corrected chi connectivity index (χ4v) is 3.54. The van der Waals surface area contributed by atoms with Crippen LogP contribution in [0, 0.1) is 0 Å². The van der Waals surface area contributed by atoms with Gasteiger partial charge >= 0.3 is 19.3 Å². The van der Waals surface area contributed by atoms with Crippen molar-refractivity contribution in [2.45, 2.75) is 91.6 Å². The Morgan fingerprint density at radius 3 is 2.03 bits per heavy atom. The van der Waals surface area contributed by atoms with Crippen LogP contribution in [0.2, 0.25) is 0 Å². The molecule has 2 amide bonds. The molecule has 2 N–H and O–H groups in total. The first-order chi connectivity index (χ1) is 14.9. The molecule has 1 aliphatic rings. The summed E-state index contributed by atoms with van der Waals surface area (Å²) in [7, 11) is -0.646. The minimum Gasteiger partial charge on any atom is -0.444 e. The average Bonchev–Trinajstić information content (AvgIpc) is 3.09. The number of hydrogen-bond donors (Lipinski definition) is 2. The van der Waals surface area contributed by atoms with Crippen LogP contribution in [-0.2, 0) is 18.8 Å². The molecule has 1 aromatic rings. The zero-order valence-corrected chi connectivity index (χ0v) is 22.2. The van der Waals surface area contributed by atoms with Gasteiger partial charge in [0, 0.05) is 11.9 Å². The van der Waals surface area contributed by atoms with Crippen LogP contribution in [0.15, 0.2) is 16.9 Å². The molecule has 1 aromatic heterocycles. The molecule has 1 aliphatic heterocycles. The third kappa shape index (κ3) is 8.35.